The normalized spacial score (nSPS) is 13.4. The van der Waals surface area contributed by atoms with Gasteiger partial charge in [0.25, 0.3) is 0 Å². The first-order valence-electron chi connectivity index (χ1n) is 9.74. The van der Waals surface area contributed by atoms with Gasteiger partial charge in [-0.3, -0.25) is 0 Å². The van der Waals surface area contributed by atoms with Gasteiger partial charge in [-0.2, -0.15) is 0 Å². The van der Waals surface area contributed by atoms with Crippen LogP contribution in [0, 0.1) is 0 Å². The predicted octanol–water partition coefficient (Wildman–Crippen LogP) is 4.91. The lowest BCUT2D eigenvalue weighted by Gasteiger charge is -2.30. The molecule has 0 amide bonds. The van der Waals surface area contributed by atoms with Crippen LogP contribution in [-0.4, -0.2) is 23.6 Å². The summed E-state index contributed by atoms with van der Waals surface area (Å²) < 4.78 is 5.36. The van der Waals surface area contributed by atoms with Crippen molar-refractivity contribution in [3.63, 3.8) is 0 Å². The van der Waals surface area contributed by atoms with Crippen molar-refractivity contribution in [3.05, 3.63) is 71.5 Å². The van der Waals surface area contributed by atoms with Gasteiger partial charge < -0.3 is 15.0 Å². The standard InChI is InChI=1S/C23H26N4O/c1-16(2)23-25-21(24-19-7-5-4-6-8-19)14-22(26-23)27-12-11-17-13-20(28-3)10-9-18(17)15-27/h4-10,13-14,16H,11-12,15H2,1-3H3,(H,24,25,26). The number of benzene rings is 2. The van der Waals surface area contributed by atoms with Gasteiger partial charge in [0.1, 0.15) is 23.2 Å². The Morgan fingerprint density at radius 3 is 2.57 bits per heavy atom. The molecule has 0 atom stereocenters. The van der Waals surface area contributed by atoms with E-state index in [1.54, 1.807) is 7.11 Å². The molecule has 4 rings (SSSR count). The number of rotatable bonds is 5. The van der Waals surface area contributed by atoms with Gasteiger partial charge in [-0.25, -0.2) is 9.97 Å². The molecule has 28 heavy (non-hydrogen) atoms. The Hall–Kier alpha value is -3.08. The second kappa shape index (κ2) is 7.89. The number of fused-ring (bicyclic) bond motifs is 1. The number of anilines is 3. The van der Waals surface area contributed by atoms with Crippen molar-refractivity contribution in [2.24, 2.45) is 0 Å². The highest BCUT2D eigenvalue weighted by Crippen LogP contribution is 2.29. The molecule has 0 bridgehead atoms. The summed E-state index contributed by atoms with van der Waals surface area (Å²) in [5, 5.41) is 3.42. The zero-order valence-corrected chi connectivity index (χ0v) is 16.6. The third kappa shape index (κ3) is 3.93. The quantitative estimate of drug-likeness (QED) is 0.687. The fourth-order valence-corrected chi connectivity index (χ4v) is 3.46. The number of para-hydroxylation sites is 1. The van der Waals surface area contributed by atoms with Crippen molar-refractivity contribution in [1.82, 2.24) is 9.97 Å². The number of hydrogen-bond acceptors (Lipinski definition) is 5. The Morgan fingerprint density at radius 2 is 1.82 bits per heavy atom. The maximum Gasteiger partial charge on any atom is 0.136 e. The molecule has 0 spiro atoms. The van der Waals surface area contributed by atoms with Crippen LogP contribution < -0.4 is 15.0 Å². The summed E-state index contributed by atoms with van der Waals surface area (Å²) in [7, 11) is 1.71. The molecule has 1 N–H and O–H groups in total. The molecule has 1 aromatic heterocycles. The second-order valence-corrected chi connectivity index (χ2v) is 7.42. The van der Waals surface area contributed by atoms with Gasteiger partial charge in [0.15, 0.2) is 0 Å². The van der Waals surface area contributed by atoms with Crippen LogP contribution in [0.3, 0.4) is 0 Å². The number of methoxy groups -OCH3 is 1. The third-order valence-corrected chi connectivity index (χ3v) is 5.04. The Kier molecular flexibility index (Phi) is 5.15. The fourth-order valence-electron chi connectivity index (χ4n) is 3.46. The number of nitrogens with one attached hydrogen (secondary N) is 1. The predicted molar refractivity (Wildman–Crippen MR) is 114 cm³/mol. The van der Waals surface area contributed by atoms with Crippen LogP contribution in [0.5, 0.6) is 5.75 Å². The Balaban J connectivity index is 1.63. The van der Waals surface area contributed by atoms with Crippen molar-refractivity contribution in [2.75, 3.05) is 23.9 Å². The van der Waals surface area contributed by atoms with E-state index in [0.717, 1.165) is 48.4 Å². The summed E-state index contributed by atoms with van der Waals surface area (Å²) in [6, 6.07) is 18.5. The average Bonchev–Trinajstić information content (AvgIpc) is 2.73. The lowest BCUT2D eigenvalue weighted by atomic mass is 9.99. The first kappa shape index (κ1) is 18.3. The Labute approximate surface area is 166 Å². The number of ether oxygens (including phenoxy) is 1. The maximum atomic E-state index is 5.36. The van der Waals surface area contributed by atoms with Crippen molar-refractivity contribution in [1.29, 1.82) is 0 Å². The number of aromatic nitrogens is 2. The molecule has 0 radical (unpaired) electrons. The van der Waals surface area contributed by atoms with Crippen LogP contribution in [0.2, 0.25) is 0 Å². The van der Waals surface area contributed by atoms with E-state index in [0.29, 0.717) is 0 Å². The largest absolute Gasteiger partial charge is 0.497 e. The highest BCUT2D eigenvalue weighted by atomic mass is 16.5. The summed E-state index contributed by atoms with van der Waals surface area (Å²) in [6.07, 6.45) is 0.981. The summed E-state index contributed by atoms with van der Waals surface area (Å²) in [4.78, 5) is 11.9. The minimum Gasteiger partial charge on any atom is -0.497 e. The maximum absolute atomic E-state index is 5.36. The molecule has 3 aromatic rings. The van der Waals surface area contributed by atoms with E-state index in [4.69, 9.17) is 14.7 Å². The molecule has 1 aliphatic heterocycles. The molecule has 0 saturated heterocycles. The van der Waals surface area contributed by atoms with Gasteiger partial charge in [0.05, 0.1) is 7.11 Å². The first-order chi connectivity index (χ1) is 13.6. The van der Waals surface area contributed by atoms with Crippen LogP contribution in [0.1, 0.15) is 36.7 Å². The molecular weight excluding hydrogens is 348 g/mol. The SMILES string of the molecule is COc1ccc2c(c1)CCN(c1cc(Nc3ccccc3)nc(C(C)C)n1)C2. The molecule has 2 aromatic carbocycles. The monoisotopic (exact) mass is 374 g/mol. The molecule has 0 aliphatic carbocycles. The smallest absolute Gasteiger partial charge is 0.136 e. The van der Waals surface area contributed by atoms with Gasteiger partial charge in [-0.15, -0.1) is 0 Å². The molecule has 5 nitrogen and oxygen atoms in total. The molecule has 144 valence electrons. The van der Waals surface area contributed by atoms with E-state index < -0.39 is 0 Å². The number of nitrogens with zero attached hydrogens (tertiary/aromatic N) is 3. The lowest BCUT2D eigenvalue weighted by Crippen LogP contribution is -2.31. The van der Waals surface area contributed by atoms with Gasteiger partial charge in [0.2, 0.25) is 0 Å². The average molecular weight is 374 g/mol. The summed E-state index contributed by atoms with van der Waals surface area (Å²) in [5.74, 6) is 3.85. The molecule has 0 unspecified atom stereocenters. The molecule has 0 fully saturated rings. The van der Waals surface area contributed by atoms with Gasteiger partial charge in [-0.05, 0) is 41.8 Å². The fraction of sp³-hybridized carbons (Fsp3) is 0.304. The van der Waals surface area contributed by atoms with Crippen molar-refractivity contribution >= 4 is 17.3 Å². The highest BCUT2D eigenvalue weighted by molar-refractivity contribution is 5.60. The summed E-state index contributed by atoms with van der Waals surface area (Å²) in [5.41, 5.74) is 3.71. The van der Waals surface area contributed by atoms with E-state index in [9.17, 15) is 0 Å². The van der Waals surface area contributed by atoms with Crippen LogP contribution in [0.15, 0.2) is 54.6 Å². The zero-order valence-electron chi connectivity index (χ0n) is 16.6. The number of hydrogen-bond donors (Lipinski definition) is 1. The van der Waals surface area contributed by atoms with E-state index in [-0.39, 0.29) is 5.92 Å². The van der Waals surface area contributed by atoms with Crippen molar-refractivity contribution < 1.29 is 4.74 Å². The first-order valence-corrected chi connectivity index (χ1v) is 9.74. The molecule has 5 heteroatoms. The van der Waals surface area contributed by atoms with E-state index >= 15 is 0 Å². The minimum atomic E-state index is 0.262. The molecular formula is C23H26N4O. The Bertz CT molecular complexity index is 956. The van der Waals surface area contributed by atoms with E-state index in [1.807, 2.05) is 42.5 Å². The van der Waals surface area contributed by atoms with Gasteiger partial charge in [0, 0.05) is 30.8 Å². The highest BCUT2D eigenvalue weighted by Gasteiger charge is 2.20. The molecule has 1 aliphatic rings. The summed E-state index contributed by atoms with van der Waals surface area (Å²) >= 11 is 0. The minimum absolute atomic E-state index is 0.262. The lowest BCUT2D eigenvalue weighted by molar-refractivity contribution is 0.413. The molecule has 2 heterocycles. The van der Waals surface area contributed by atoms with E-state index in [1.165, 1.54) is 11.1 Å². The Morgan fingerprint density at radius 1 is 1.00 bits per heavy atom. The zero-order chi connectivity index (χ0) is 19.5. The van der Waals surface area contributed by atoms with Crippen LogP contribution >= 0.6 is 0 Å². The van der Waals surface area contributed by atoms with Crippen molar-refractivity contribution in [2.45, 2.75) is 32.7 Å². The van der Waals surface area contributed by atoms with Crippen LogP contribution in [0.25, 0.3) is 0 Å². The van der Waals surface area contributed by atoms with Gasteiger partial charge >= 0.3 is 0 Å². The third-order valence-electron chi connectivity index (χ3n) is 5.04. The van der Waals surface area contributed by atoms with Crippen molar-refractivity contribution in [3.8, 4) is 5.75 Å². The van der Waals surface area contributed by atoms with Crippen LogP contribution in [-0.2, 0) is 13.0 Å². The topological polar surface area (TPSA) is 50.3 Å². The van der Waals surface area contributed by atoms with Crippen LogP contribution in [0.4, 0.5) is 17.3 Å². The van der Waals surface area contributed by atoms with E-state index in [2.05, 4.69) is 36.2 Å². The molecule has 0 saturated carbocycles. The van der Waals surface area contributed by atoms with Gasteiger partial charge in [-0.1, -0.05) is 38.1 Å². The summed E-state index contributed by atoms with van der Waals surface area (Å²) in [6.45, 7) is 6.03. The second-order valence-electron chi connectivity index (χ2n) is 7.42.